The quantitative estimate of drug-likeness (QED) is 0.921. The maximum absolute atomic E-state index is 11.9. The molecule has 0 aliphatic carbocycles. The van der Waals surface area contributed by atoms with Crippen LogP contribution in [0.1, 0.15) is 18.4 Å². The number of thiazole rings is 1. The number of rotatable bonds is 5. The molecule has 1 aromatic carbocycles. The summed E-state index contributed by atoms with van der Waals surface area (Å²) in [5, 5.41) is 5.36. The van der Waals surface area contributed by atoms with Crippen molar-refractivity contribution in [2.24, 2.45) is 0 Å². The van der Waals surface area contributed by atoms with Gasteiger partial charge in [-0.15, -0.1) is 11.3 Å². The standard InChI is InChI=1S/C17H19N3OS/c21-16(19-17-18-9-13-22-17)8-12-20-10-6-15(7-11-20)14-4-2-1-3-5-14/h1-6,9,13H,7-8,10-12H2,(H,18,19,21). The molecule has 0 atom stereocenters. The van der Waals surface area contributed by atoms with E-state index in [1.807, 2.05) is 11.4 Å². The molecule has 0 saturated carbocycles. The van der Waals surface area contributed by atoms with E-state index in [0.29, 0.717) is 11.6 Å². The van der Waals surface area contributed by atoms with E-state index in [1.54, 1.807) is 6.20 Å². The summed E-state index contributed by atoms with van der Waals surface area (Å²) in [6.07, 6.45) is 5.52. The predicted molar refractivity (Wildman–Crippen MR) is 90.8 cm³/mol. The highest BCUT2D eigenvalue weighted by Crippen LogP contribution is 2.22. The third-order valence-corrected chi connectivity index (χ3v) is 4.46. The molecule has 5 heteroatoms. The number of amides is 1. The number of nitrogens with zero attached hydrogens (tertiary/aromatic N) is 2. The summed E-state index contributed by atoms with van der Waals surface area (Å²) in [4.78, 5) is 18.2. The molecule has 1 N–H and O–H groups in total. The number of anilines is 1. The van der Waals surface area contributed by atoms with E-state index in [0.717, 1.165) is 26.1 Å². The van der Waals surface area contributed by atoms with Gasteiger partial charge in [0.2, 0.25) is 5.91 Å². The highest BCUT2D eigenvalue weighted by Gasteiger charge is 2.14. The van der Waals surface area contributed by atoms with Crippen LogP contribution >= 0.6 is 11.3 Å². The minimum Gasteiger partial charge on any atom is -0.302 e. The normalized spacial score (nSPS) is 15.4. The molecular weight excluding hydrogens is 294 g/mol. The zero-order chi connectivity index (χ0) is 15.2. The van der Waals surface area contributed by atoms with E-state index in [-0.39, 0.29) is 5.91 Å². The molecule has 0 spiro atoms. The van der Waals surface area contributed by atoms with Crippen molar-refractivity contribution in [1.29, 1.82) is 0 Å². The molecule has 0 radical (unpaired) electrons. The molecule has 22 heavy (non-hydrogen) atoms. The second-order valence-corrected chi connectivity index (χ2v) is 6.18. The largest absolute Gasteiger partial charge is 0.302 e. The average Bonchev–Trinajstić information content (AvgIpc) is 3.07. The van der Waals surface area contributed by atoms with Gasteiger partial charge < -0.3 is 5.32 Å². The van der Waals surface area contributed by atoms with E-state index in [1.165, 1.54) is 22.5 Å². The Morgan fingerprint density at radius 1 is 1.32 bits per heavy atom. The number of hydrogen-bond acceptors (Lipinski definition) is 4. The zero-order valence-electron chi connectivity index (χ0n) is 12.4. The minimum atomic E-state index is 0.0350. The van der Waals surface area contributed by atoms with Crippen LogP contribution in [0.4, 0.5) is 5.13 Å². The number of carbonyl (C=O) groups is 1. The number of aromatic nitrogens is 1. The summed E-state index contributed by atoms with van der Waals surface area (Å²) < 4.78 is 0. The summed E-state index contributed by atoms with van der Waals surface area (Å²) >= 11 is 1.44. The molecule has 1 aliphatic rings. The number of nitrogens with one attached hydrogen (secondary N) is 1. The van der Waals surface area contributed by atoms with E-state index >= 15 is 0 Å². The lowest BCUT2D eigenvalue weighted by molar-refractivity contribution is -0.116. The van der Waals surface area contributed by atoms with Crippen molar-refractivity contribution < 1.29 is 4.79 Å². The van der Waals surface area contributed by atoms with Crippen LogP contribution in [-0.2, 0) is 4.79 Å². The molecule has 0 saturated heterocycles. The number of carbonyl (C=O) groups excluding carboxylic acids is 1. The van der Waals surface area contributed by atoms with Gasteiger partial charge in [-0.2, -0.15) is 0 Å². The fourth-order valence-corrected chi connectivity index (χ4v) is 3.10. The van der Waals surface area contributed by atoms with Crippen molar-refractivity contribution in [3.63, 3.8) is 0 Å². The van der Waals surface area contributed by atoms with Crippen LogP contribution in [0.5, 0.6) is 0 Å². The second kappa shape index (κ2) is 7.33. The second-order valence-electron chi connectivity index (χ2n) is 5.28. The maximum Gasteiger partial charge on any atom is 0.227 e. The SMILES string of the molecule is O=C(CCN1CC=C(c2ccccc2)CC1)Nc1nccs1. The molecular formula is C17H19N3OS. The summed E-state index contributed by atoms with van der Waals surface area (Å²) in [6.45, 7) is 2.70. The van der Waals surface area contributed by atoms with Gasteiger partial charge in [0.1, 0.15) is 0 Å². The molecule has 1 aromatic heterocycles. The lowest BCUT2D eigenvalue weighted by Gasteiger charge is -2.26. The topological polar surface area (TPSA) is 45.2 Å². The maximum atomic E-state index is 11.9. The van der Waals surface area contributed by atoms with Gasteiger partial charge in [0.05, 0.1) is 0 Å². The van der Waals surface area contributed by atoms with Crippen molar-refractivity contribution in [3.8, 4) is 0 Å². The summed E-state index contributed by atoms with van der Waals surface area (Å²) in [5.41, 5.74) is 2.72. The van der Waals surface area contributed by atoms with Crippen molar-refractivity contribution in [3.05, 3.63) is 53.5 Å². The van der Waals surface area contributed by atoms with E-state index in [2.05, 4.69) is 45.5 Å². The van der Waals surface area contributed by atoms with Crippen LogP contribution in [0.3, 0.4) is 0 Å². The molecule has 114 valence electrons. The van der Waals surface area contributed by atoms with Crippen molar-refractivity contribution in [1.82, 2.24) is 9.88 Å². The predicted octanol–water partition coefficient (Wildman–Crippen LogP) is 3.26. The van der Waals surface area contributed by atoms with Crippen molar-refractivity contribution in [2.45, 2.75) is 12.8 Å². The minimum absolute atomic E-state index is 0.0350. The van der Waals surface area contributed by atoms with Gasteiger partial charge in [-0.25, -0.2) is 4.98 Å². The Kier molecular flexibility index (Phi) is 4.98. The highest BCUT2D eigenvalue weighted by molar-refractivity contribution is 7.13. The van der Waals surface area contributed by atoms with Crippen LogP contribution in [0.15, 0.2) is 48.0 Å². The highest BCUT2D eigenvalue weighted by atomic mass is 32.1. The van der Waals surface area contributed by atoms with Crippen molar-refractivity contribution >= 4 is 27.9 Å². The fraction of sp³-hybridized carbons (Fsp3) is 0.294. The van der Waals surface area contributed by atoms with Gasteiger partial charge >= 0.3 is 0 Å². The number of hydrogen-bond donors (Lipinski definition) is 1. The first-order chi connectivity index (χ1) is 10.8. The van der Waals surface area contributed by atoms with Gasteiger partial charge in [-0.05, 0) is 17.6 Å². The van der Waals surface area contributed by atoms with Crippen LogP contribution < -0.4 is 5.32 Å². The van der Waals surface area contributed by atoms with Gasteiger partial charge in [-0.1, -0.05) is 36.4 Å². The van der Waals surface area contributed by atoms with Crippen LogP contribution in [-0.4, -0.2) is 35.4 Å². The smallest absolute Gasteiger partial charge is 0.227 e. The molecule has 4 nitrogen and oxygen atoms in total. The average molecular weight is 313 g/mol. The third kappa shape index (κ3) is 4.02. The zero-order valence-corrected chi connectivity index (χ0v) is 13.2. The molecule has 3 rings (SSSR count). The Balaban J connectivity index is 1.46. The molecule has 0 fully saturated rings. The first-order valence-electron chi connectivity index (χ1n) is 7.47. The molecule has 0 unspecified atom stereocenters. The molecule has 2 heterocycles. The lowest BCUT2D eigenvalue weighted by Crippen LogP contribution is -2.31. The summed E-state index contributed by atoms with van der Waals surface area (Å²) in [7, 11) is 0. The van der Waals surface area contributed by atoms with Crippen LogP contribution in [0, 0.1) is 0 Å². The number of benzene rings is 1. The van der Waals surface area contributed by atoms with Crippen molar-refractivity contribution in [2.75, 3.05) is 25.0 Å². The summed E-state index contributed by atoms with van der Waals surface area (Å²) in [6, 6.07) is 10.5. The third-order valence-electron chi connectivity index (χ3n) is 3.77. The Labute approximate surface area is 134 Å². The fourth-order valence-electron chi connectivity index (χ4n) is 2.56. The Morgan fingerprint density at radius 3 is 2.86 bits per heavy atom. The first kappa shape index (κ1) is 14.9. The summed E-state index contributed by atoms with van der Waals surface area (Å²) in [5.74, 6) is 0.0350. The van der Waals surface area contributed by atoms with Crippen LogP contribution in [0.25, 0.3) is 5.57 Å². The molecule has 2 aromatic rings. The van der Waals surface area contributed by atoms with Crippen LogP contribution in [0.2, 0.25) is 0 Å². The molecule has 1 amide bonds. The van der Waals surface area contributed by atoms with E-state index in [9.17, 15) is 4.79 Å². The van der Waals surface area contributed by atoms with Gasteiger partial charge in [0.25, 0.3) is 0 Å². The molecule has 0 bridgehead atoms. The van der Waals surface area contributed by atoms with Gasteiger partial charge in [0, 0.05) is 37.6 Å². The molecule has 1 aliphatic heterocycles. The van der Waals surface area contributed by atoms with Gasteiger partial charge in [0.15, 0.2) is 5.13 Å². The monoisotopic (exact) mass is 313 g/mol. The lowest BCUT2D eigenvalue weighted by atomic mass is 9.99. The first-order valence-corrected chi connectivity index (χ1v) is 8.35. The Bertz CT molecular complexity index is 637. The van der Waals surface area contributed by atoms with E-state index < -0.39 is 0 Å². The Morgan fingerprint density at radius 2 is 2.18 bits per heavy atom. The Hall–Kier alpha value is -1.98. The van der Waals surface area contributed by atoms with E-state index in [4.69, 9.17) is 0 Å². The van der Waals surface area contributed by atoms with Gasteiger partial charge in [-0.3, -0.25) is 9.69 Å².